The summed E-state index contributed by atoms with van der Waals surface area (Å²) in [6.45, 7) is 2.22. The second-order valence-corrected chi connectivity index (χ2v) is 6.51. The second-order valence-electron chi connectivity index (χ2n) is 6.03. The van der Waals surface area contributed by atoms with Gasteiger partial charge in [0.2, 0.25) is 0 Å². The molecule has 0 N–H and O–H groups in total. The first-order chi connectivity index (χ1) is 13.0. The summed E-state index contributed by atoms with van der Waals surface area (Å²) in [6, 6.07) is 22.0. The quantitative estimate of drug-likeness (QED) is 0.368. The first-order valence-electron chi connectivity index (χ1n) is 8.30. The third-order valence-electron chi connectivity index (χ3n) is 4.37. The lowest BCUT2D eigenvalue weighted by Gasteiger charge is -2.26. The minimum Gasteiger partial charge on any atom is -0.330 e. The van der Waals surface area contributed by atoms with Gasteiger partial charge < -0.3 is 4.90 Å². The molecule has 0 atom stereocenters. The van der Waals surface area contributed by atoms with Gasteiger partial charge in [-0.15, -0.1) is 12.6 Å². The molecular formula is C21H17N3O2S. The van der Waals surface area contributed by atoms with Crippen molar-refractivity contribution in [1.82, 2.24) is 0 Å². The minimum absolute atomic E-state index is 0.00933. The molecule has 3 rings (SSSR count). The maximum absolute atomic E-state index is 11.6. The predicted octanol–water partition coefficient (Wildman–Crippen LogP) is 5.40. The number of anilines is 2. The number of nitriles is 1. The lowest BCUT2D eigenvalue weighted by molar-refractivity contribution is -0.384. The van der Waals surface area contributed by atoms with Crippen LogP contribution in [0, 0.1) is 28.4 Å². The van der Waals surface area contributed by atoms with Gasteiger partial charge in [0.25, 0.3) is 5.69 Å². The van der Waals surface area contributed by atoms with Crippen LogP contribution >= 0.6 is 12.6 Å². The fourth-order valence-corrected chi connectivity index (χ4v) is 3.15. The van der Waals surface area contributed by atoms with Crippen LogP contribution < -0.4 is 4.90 Å². The summed E-state index contributed by atoms with van der Waals surface area (Å²) in [7, 11) is 0. The van der Waals surface area contributed by atoms with E-state index in [0.717, 1.165) is 11.1 Å². The van der Waals surface area contributed by atoms with E-state index < -0.39 is 4.92 Å². The highest BCUT2D eigenvalue weighted by molar-refractivity contribution is 7.80. The van der Waals surface area contributed by atoms with Crippen LogP contribution in [0.5, 0.6) is 0 Å². The molecule has 3 aromatic carbocycles. The van der Waals surface area contributed by atoms with Crippen LogP contribution in [0.25, 0.3) is 0 Å². The van der Waals surface area contributed by atoms with Gasteiger partial charge in [0, 0.05) is 17.5 Å². The zero-order valence-corrected chi connectivity index (χ0v) is 15.6. The van der Waals surface area contributed by atoms with E-state index in [1.165, 1.54) is 6.07 Å². The topological polar surface area (TPSA) is 70.2 Å². The van der Waals surface area contributed by atoms with Gasteiger partial charge in [-0.05, 0) is 36.2 Å². The smallest absolute Gasteiger partial charge is 0.292 e. The number of nitrogens with zero attached hydrogens (tertiary/aromatic N) is 3. The fraction of sp³-hybridized carbons (Fsp3) is 0.0952. The molecule has 0 aliphatic carbocycles. The third-order valence-corrected chi connectivity index (χ3v) is 4.85. The summed E-state index contributed by atoms with van der Waals surface area (Å²) >= 11 is 4.40. The number of hydrogen-bond donors (Lipinski definition) is 1. The third kappa shape index (κ3) is 3.78. The molecule has 0 bridgehead atoms. The molecule has 0 saturated carbocycles. The first kappa shape index (κ1) is 18.5. The molecule has 6 heteroatoms. The van der Waals surface area contributed by atoms with Gasteiger partial charge in [-0.25, -0.2) is 0 Å². The number of benzene rings is 3. The molecule has 5 nitrogen and oxygen atoms in total. The fourth-order valence-electron chi connectivity index (χ4n) is 2.97. The summed E-state index contributed by atoms with van der Waals surface area (Å²) in [6.07, 6.45) is 0. The highest BCUT2D eigenvalue weighted by atomic mass is 32.1. The molecule has 0 aliphatic rings. The molecular weight excluding hydrogens is 358 g/mol. The van der Waals surface area contributed by atoms with Crippen molar-refractivity contribution in [2.75, 3.05) is 4.90 Å². The summed E-state index contributed by atoms with van der Waals surface area (Å²) < 4.78 is 0. The standard InChI is InChI=1S/C21H17N3O2S/c1-15-17(13-22)18(11-12-21(15)27)23(14-16-7-3-2-4-8-16)19-9-5-6-10-20(19)24(25)26/h2-12,27H,14H2,1H3. The Morgan fingerprint density at radius 3 is 2.37 bits per heavy atom. The zero-order valence-electron chi connectivity index (χ0n) is 14.7. The Morgan fingerprint density at radius 1 is 1.04 bits per heavy atom. The number of nitro benzene ring substituents is 1. The number of thiol groups is 1. The van der Waals surface area contributed by atoms with Gasteiger partial charge >= 0.3 is 0 Å². The van der Waals surface area contributed by atoms with Gasteiger partial charge in [0.1, 0.15) is 11.8 Å². The van der Waals surface area contributed by atoms with Crippen molar-refractivity contribution in [3.63, 3.8) is 0 Å². The van der Waals surface area contributed by atoms with Gasteiger partial charge in [0.15, 0.2) is 0 Å². The maximum Gasteiger partial charge on any atom is 0.292 e. The van der Waals surface area contributed by atoms with Crippen LogP contribution in [0.2, 0.25) is 0 Å². The molecule has 0 radical (unpaired) electrons. The van der Waals surface area contributed by atoms with E-state index in [1.54, 1.807) is 30.3 Å². The summed E-state index contributed by atoms with van der Waals surface area (Å²) in [4.78, 5) is 13.7. The van der Waals surface area contributed by atoms with Crippen LogP contribution in [0.15, 0.2) is 71.6 Å². The van der Waals surface area contributed by atoms with Crippen molar-refractivity contribution in [2.24, 2.45) is 0 Å². The van der Waals surface area contributed by atoms with E-state index in [-0.39, 0.29) is 5.69 Å². The Labute approximate surface area is 163 Å². The lowest BCUT2D eigenvalue weighted by Crippen LogP contribution is -2.19. The van der Waals surface area contributed by atoms with Gasteiger partial charge in [-0.2, -0.15) is 5.26 Å². The van der Waals surface area contributed by atoms with Crippen molar-refractivity contribution in [3.8, 4) is 6.07 Å². The molecule has 0 amide bonds. The largest absolute Gasteiger partial charge is 0.330 e. The molecule has 0 aliphatic heterocycles. The number of para-hydroxylation sites is 2. The normalized spacial score (nSPS) is 10.3. The number of hydrogen-bond acceptors (Lipinski definition) is 5. The van der Waals surface area contributed by atoms with Gasteiger partial charge in [-0.1, -0.05) is 42.5 Å². The molecule has 0 saturated heterocycles. The lowest BCUT2D eigenvalue weighted by atomic mass is 10.0. The molecule has 0 aromatic heterocycles. The van der Waals surface area contributed by atoms with Crippen LogP contribution in [-0.2, 0) is 6.54 Å². The summed E-state index contributed by atoms with van der Waals surface area (Å²) in [5, 5.41) is 21.3. The average Bonchev–Trinajstić information content (AvgIpc) is 2.69. The van der Waals surface area contributed by atoms with Crippen molar-refractivity contribution in [1.29, 1.82) is 5.26 Å². The minimum atomic E-state index is -0.404. The van der Waals surface area contributed by atoms with Crippen molar-refractivity contribution in [3.05, 3.63) is 93.5 Å². The molecule has 0 spiro atoms. The van der Waals surface area contributed by atoms with Crippen LogP contribution in [0.4, 0.5) is 17.1 Å². The summed E-state index contributed by atoms with van der Waals surface area (Å²) in [5.74, 6) is 0. The van der Waals surface area contributed by atoms with E-state index >= 15 is 0 Å². The van der Waals surface area contributed by atoms with Crippen molar-refractivity contribution < 1.29 is 4.92 Å². The molecule has 134 valence electrons. The number of rotatable bonds is 5. The SMILES string of the molecule is Cc1c(S)ccc(N(Cc2ccccc2)c2ccccc2[N+](=O)[O-])c1C#N. The second kappa shape index (κ2) is 7.94. The molecule has 0 heterocycles. The van der Waals surface area contributed by atoms with Crippen LogP contribution in [-0.4, -0.2) is 4.92 Å². The molecule has 27 heavy (non-hydrogen) atoms. The first-order valence-corrected chi connectivity index (χ1v) is 8.75. The Morgan fingerprint density at radius 2 is 1.70 bits per heavy atom. The molecule has 0 fully saturated rings. The van der Waals surface area contributed by atoms with E-state index in [9.17, 15) is 15.4 Å². The van der Waals surface area contributed by atoms with E-state index in [0.29, 0.717) is 28.4 Å². The average molecular weight is 375 g/mol. The summed E-state index contributed by atoms with van der Waals surface area (Å²) in [5.41, 5.74) is 3.23. The Hall–Kier alpha value is -3.30. The van der Waals surface area contributed by atoms with Crippen LogP contribution in [0.1, 0.15) is 16.7 Å². The van der Waals surface area contributed by atoms with Crippen molar-refractivity contribution in [2.45, 2.75) is 18.4 Å². The van der Waals surface area contributed by atoms with Crippen molar-refractivity contribution >= 4 is 29.7 Å². The highest BCUT2D eigenvalue weighted by Crippen LogP contribution is 2.38. The Balaban J connectivity index is 2.23. The van der Waals surface area contributed by atoms with Gasteiger partial charge in [-0.3, -0.25) is 10.1 Å². The monoisotopic (exact) mass is 375 g/mol. The van der Waals surface area contributed by atoms with E-state index in [2.05, 4.69) is 18.7 Å². The molecule has 3 aromatic rings. The van der Waals surface area contributed by atoms with E-state index in [4.69, 9.17) is 0 Å². The molecule has 0 unspecified atom stereocenters. The maximum atomic E-state index is 11.6. The Kier molecular flexibility index (Phi) is 5.43. The zero-order chi connectivity index (χ0) is 19.4. The highest BCUT2D eigenvalue weighted by Gasteiger charge is 2.23. The predicted molar refractivity (Wildman–Crippen MR) is 109 cm³/mol. The Bertz CT molecular complexity index is 1030. The van der Waals surface area contributed by atoms with Gasteiger partial charge in [0.05, 0.1) is 16.2 Å². The van der Waals surface area contributed by atoms with Crippen LogP contribution in [0.3, 0.4) is 0 Å². The number of nitro groups is 1. The van der Waals surface area contributed by atoms with E-state index in [1.807, 2.05) is 42.2 Å².